The monoisotopic (exact) mass is 497 g/mol. The third-order valence-electron chi connectivity index (χ3n) is 4.73. The quantitative estimate of drug-likeness (QED) is 0.308. The Morgan fingerprint density at radius 1 is 0.971 bits per heavy atom. The van der Waals surface area contributed by atoms with Gasteiger partial charge in [-0.05, 0) is 61.9 Å². The molecule has 3 aromatic carbocycles. The molecule has 0 fully saturated rings. The second-order valence-corrected chi connectivity index (χ2v) is 9.00. The Morgan fingerprint density at radius 3 is 2.43 bits per heavy atom. The molecular formula is C25H27N3O6S. The first-order chi connectivity index (χ1) is 16.8. The fourth-order valence-corrected chi connectivity index (χ4v) is 3.80. The maximum Gasteiger partial charge on any atom is 0.276 e. The molecular weight excluding hydrogens is 470 g/mol. The minimum absolute atomic E-state index is 0.116. The number of aryl methyl sites for hydroxylation is 1. The molecule has 0 aliphatic heterocycles. The number of anilines is 1. The van der Waals surface area contributed by atoms with Gasteiger partial charge >= 0.3 is 0 Å². The van der Waals surface area contributed by atoms with Gasteiger partial charge in [0.15, 0.2) is 18.1 Å². The highest BCUT2D eigenvalue weighted by Gasteiger charge is 2.13. The number of hydrogen-bond donors (Lipinski definition) is 2. The molecule has 0 heterocycles. The summed E-state index contributed by atoms with van der Waals surface area (Å²) in [6, 6.07) is 18.4. The van der Waals surface area contributed by atoms with Crippen LogP contribution in [0.3, 0.4) is 0 Å². The molecule has 0 saturated carbocycles. The van der Waals surface area contributed by atoms with Crippen LogP contribution in [0.2, 0.25) is 0 Å². The highest BCUT2D eigenvalue weighted by molar-refractivity contribution is 7.89. The fourth-order valence-electron chi connectivity index (χ4n) is 3.01. The number of hydrazone groups is 1. The third kappa shape index (κ3) is 7.21. The second kappa shape index (κ2) is 11.9. The molecule has 0 aromatic heterocycles. The molecule has 0 atom stereocenters. The van der Waals surface area contributed by atoms with Crippen LogP contribution in [-0.4, -0.2) is 40.9 Å². The highest BCUT2D eigenvalue weighted by atomic mass is 32.2. The number of ether oxygens (including phenoxy) is 3. The fraction of sp³-hybridized carbons (Fsp3) is 0.200. The summed E-state index contributed by atoms with van der Waals surface area (Å²) < 4.78 is 41.2. The van der Waals surface area contributed by atoms with E-state index in [9.17, 15) is 13.2 Å². The summed E-state index contributed by atoms with van der Waals surface area (Å²) in [5.41, 5.74) is 2.06. The largest absolute Gasteiger partial charge is 0.495 e. The average Bonchev–Trinajstić information content (AvgIpc) is 2.84. The van der Waals surface area contributed by atoms with Crippen LogP contribution in [-0.2, 0) is 14.8 Å². The molecule has 2 N–H and O–H groups in total. The van der Waals surface area contributed by atoms with Gasteiger partial charge in [0.2, 0.25) is 0 Å². The number of rotatable bonds is 11. The van der Waals surface area contributed by atoms with Gasteiger partial charge in [-0.25, -0.2) is 4.83 Å². The summed E-state index contributed by atoms with van der Waals surface area (Å²) in [4.78, 5) is 14.6. The molecule has 0 bridgehead atoms. The minimum Gasteiger partial charge on any atom is -0.495 e. The SMILES string of the molecule is CCOc1cc(/C=N\NS(=O)(=O)c2ccc(C)cc2)ccc1OCC(=O)Nc1ccccc1OC. The summed E-state index contributed by atoms with van der Waals surface area (Å²) in [7, 11) is -2.26. The lowest BCUT2D eigenvalue weighted by molar-refractivity contribution is -0.118. The van der Waals surface area contributed by atoms with E-state index in [0.717, 1.165) is 5.56 Å². The van der Waals surface area contributed by atoms with Crippen LogP contribution in [0.1, 0.15) is 18.1 Å². The summed E-state index contributed by atoms with van der Waals surface area (Å²) in [6.07, 6.45) is 1.35. The van der Waals surface area contributed by atoms with Crippen molar-refractivity contribution in [2.24, 2.45) is 5.10 Å². The molecule has 0 aliphatic rings. The van der Waals surface area contributed by atoms with E-state index in [1.54, 1.807) is 54.6 Å². The van der Waals surface area contributed by atoms with Crippen molar-refractivity contribution in [3.63, 3.8) is 0 Å². The number of sulfonamides is 1. The molecule has 3 aromatic rings. The van der Waals surface area contributed by atoms with Crippen molar-refractivity contribution in [2.45, 2.75) is 18.7 Å². The number of carbonyl (C=O) groups excluding carboxylic acids is 1. The van der Waals surface area contributed by atoms with Crippen LogP contribution in [0.25, 0.3) is 0 Å². The number of amides is 1. The Balaban J connectivity index is 1.64. The first-order valence-corrected chi connectivity index (χ1v) is 12.2. The van der Waals surface area contributed by atoms with Gasteiger partial charge in [0, 0.05) is 0 Å². The lowest BCUT2D eigenvalue weighted by atomic mass is 10.2. The van der Waals surface area contributed by atoms with E-state index in [-0.39, 0.29) is 17.4 Å². The summed E-state index contributed by atoms with van der Waals surface area (Å²) in [5, 5.41) is 6.58. The topological polar surface area (TPSA) is 115 Å². The van der Waals surface area contributed by atoms with Gasteiger partial charge in [-0.2, -0.15) is 13.5 Å². The third-order valence-corrected chi connectivity index (χ3v) is 5.96. The van der Waals surface area contributed by atoms with Crippen molar-refractivity contribution in [3.8, 4) is 17.2 Å². The van der Waals surface area contributed by atoms with Crippen molar-refractivity contribution in [2.75, 3.05) is 25.6 Å². The molecule has 10 heteroatoms. The van der Waals surface area contributed by atoms with Crippen LogP contribution in [0.4, 0.5) is 5.69 Å². The number of nitrogens with zero attached hydrogens (tertiary/aromatic N) is 1. The van der Waals surface area contributed by atoms with Crippen molar-refractivity contribution in [3.05, 3.63) is 77.9 Å². The van der Waals surface area contributed by atoms with E-state index >= 15 is 0 Å². The van der Waals surface area contributed by atoms with Crippen LogP contribution in [0.15, 0.2) is 76.7 Å². The molecule has 9 nitrogen and oxygen atoms in total. The van der Waals surface area contributed by atoms with E-state index in [4.69, 9.17) is 14.2 Å². The van der Waals surface area contributed by atoms with Gasteiger partial charge < -0.3 is 19.5 Å². The molecule has 0 saturated heterocycles. The molecule has 3 rings (SSSR count). The maximum absolute atomic E-state index is 12.4. The normalized spacial score (nSPS) is 11.2. The summed E-state index contributed by atoms with van der Waals surface area (Å²) in [6.45, 7) is 3.80. The molecule has 1 amide bonds. The Bertz CT molecular complexity index is 1290. The van der Waals surface area contributed by atoms with Crippen molar-refractivity contribution in [1.82, 2.24) is 4.83 Å². The Hall–Kier alpha value is -4.05. The van der Waals surface area contributed by atoms with Gasteiger partial charge in [0.1, 0.15) is 5.75 Å². The van der Waals surface area contributed by atoms with Gasteiger partial charge in [0.25, 0.3) is 15.9 Å². The molecule has 0 radical (unpaired) electrons. The summed E-state index contributed by atoms with van der Waals surface area (Å²) in [5.74, 6) is 0.924. The molecule has 35 heavy (non-hydrogen) atoms. The van der Waals surface area contributed by atoms with Gasteiger partial charge in [-0.1, -0.05) is 29.8 Å². The number of hydrogen-bond acceptors (Lipinski definition) is 7. The molecule has 0 spiro atoms. The molecule has 0 aliphatic carbocycles. The van der Waals surface area contributed by atoms with E-state index in [0.29, 0.717) is 35.1 Å². The van der Waals surface area contributed by atoms with Crippen LogP contribution in [0.5, 0.6) is 17.2 Å². The number of para-hydroxylation sites is 2. The van der Waals surface area contributed by atoms with E-state index in [1.165, 1.54) is 25.5 Å². The van der Waals surface area contributed by atoms with Crippen molar-refractivity contribution < 1.29 is 27.4 Å². The van der Waals surface area contributed by atoms with E-state index in [1.807, 2.05) is 13.8 Å². The predicted octanol–water partition coefficient (Wildman–Crippen LogP) is 3.73. The Kier molecular flexibility index (Phi) is 8.69. The van der Waals surface area contributed by atoms with Gasteiger partial charge in [0.05, 0.1) is 30.5 Å². The minimum atomic E-state index is -3.78. The lowest BCUT2D eigenvalue weighted by Gasteiger charge is -2.13. The number of carbonyl (C=O) groups is 1. The number of benzene rings is 3. The van der Waals surface area contributed by atoms with Gasteiger partial charge in [-0.3, -0.25) is 4.79 Å². The van der Waals surface area contributed by atoms with Gasteiger partial charge in [-0.15, -0.1) is 0 Å². The smallest absolute Gasteiger partial charge is 0.276 e. The van der Waals surface area contributed by atoms with Crippen molar-refractivity contribution >= 4 is 27.8 Å². The second-order valence-electron chi connectivity index (χ2n) is 7.34. The maximum atomic E-state index is 12.4. The first-order valence-electron chi connectivity index (χ1n) is 10.8. The van der Waals surface area contributed by atoms with Crippen LogP contribution >= 0.6 is 0 Å². The van der Waals surface area contributed by atoms with Crippen LogP contribution < -0.4 is 24.4 Å². The lowest BCUT2D eigenvalue weighted by Crippen LogP contribution is -2.20. The zero-order valence-corrected chi connectivity index (χ0v) is 20.5. The predicted molar refractivity (Wildman–Crippen MR) is 134 cm³/mol. The molecule has 0 unspecified atom stereocenters. The van der Waals surface area contributed by atoms with Crippen molar-refractivity contribution in [1.29, 1.82) is 0 Å². The molecule has 184 valence electrons. The zero-order valence-electron chi connectivity index (χ0n) is 19.6. The zero-order chi connectivity index (χ0) is 25.3. The van der Waals surface area contributed by atoms with E-state index in [2.05, 4.69) is 15.2 Å². The number of nitrogens with one attached hydrogen (secondary N) is 2. The Morgan fingerprint density at radius 2 is 1.71 bits per heavy atom. The van der Waals surface area contributed by atoms with E-state index < -0.39 is 10.0 Å². The standard InChI is InChI=1S/C25H27N3O6S/c1-4-33-24-15-19(16-26-28-35(30,31)20-12-9-18(2)10-13-20)11-14-23(24)34-17-25(29)27-21-7-5-6-8-22(21)32-3/h5-16,28H,4,17H2,1-3H3,(H,27,29)/b26-16-. The average molecular weight is 498 g/mol. The first kappa shape index (κ1) is 25.6. The van der Waals surface area contributed by atoms with Crippen LogP contribution in [0, 0.1) is 6.92 Å². The summed E-state index contributed by atoms with van der Waals surface area (Å²) >= 11 is 0. The number of methoxy groups -OCH3 is 1. The highest BCUT2D eigenvalue weighted by Crippen LogP contribution is 2.28. The Labute approximate surface area is 204 Å².